The first-order valence-corrected chi connectivity index (χ1v) is 8.10. The SMILES string of the molecule is COc1ccc(OCCNc2ccnc(Nc3ccccc3F)n2)cc1. The van der Waals surface area contributed by atoms with E-state index in [0.29, 0.717) is 30.6 Å². The molecule has 2 aromatic carbocycles. The van der Waals surface area contributed by atoms with Crippen LogP contribution in [-0.2, 0) is 0 Å². The third-order valence-corrected chi connectivity index (χ3v) is 3.51. The minimum atomic E-state index is -0.359. The van der Waals surface area contributed by atoms with Crippen LogP contribution < -0.4 is 20.1 Å². The van der Waals surface area contributed by atoms with Gasteiger partial charge in [0.25, 0.3) is 0 Å². The van der Waals surface area contributed by atoms with Crippen LogP contribution in [-0.4, -0.2) is 30.2 Å². The summed E-state index contributed by atoms with van der Waals surface area (Å²) in [5.74, 6) is 2.12. The van der Waals surface area contributed by atoms with Gasteiger partial charge in [-0.25, -0.2) is 9.37 Å². The number of hydrogen-bond acceptors (Lipinski definition) is 6. The molecule has 0 unspecified atom stereocenters. The molecule has 0 aliphatic carbocycles. The monoisotopic (exact) mass is 354 g/mol. The first-order valence-electron chi connectivity index (χ1n) is 8.10. The predicted octanol–water partition coefficient (Wildman–Crippen LogP) is 3.86. The van der Waals surface area contributed by atoms with Crippen molar-refractivity contribution in [1.29, 1.82) is 0 Å². The van der Waals surface area contributed by atoms with Gasteiger partial charge in [0.15, 0.2) is 0 Å². The normalized spacial score (nSPS) is 10.2. The summed E-state index contributed by atoms with van der Waals surface area (Å²) in [7, 11) is 1.62. The molecule has 0 atom stereocenters. The van der Waals surface area contributed by atoms with Crippen LogP contribution in [0.5, 0.6) is 11.5 Å². The zero-order valence-corrected chi connectivity index (χ0v) is 14.3. The number of para-hydroxylation sites is 1. The number of halogens is 1. The van der Waals surface area contributed by atoms with Crippen LogP contribution in [0.3, 0.4) is 0 Å². The molecule has 0 spiro atoms. The van der Waals surface area contributed by atoms with E-state index >= 15 is 0 Å². The maximum Gasteiger partial charge on any atom is 0.229 e. The number of rotatable bonds is 8. The molecule has 134 valence electrons. The van der Waals surface area contributed by atoms with Gasteiger partial charge in [0.2, 0.25) is 5.95 Å². The zero-order chi connectivity index (χ0) is 18.2. The highest BCUT2D eigenvalue weighted by Gasteiger charge is 2.04. The van der Waals surface area contributed by atoms with Gasteiger partial charge in [-0.2, -0.15) is 4.98 Å². The van der Waals surface area contributed by atoms with Gasteiger partial charge < -0.3 is 20.1 Å². The van der Waals surface area contributed by atoms with Crippen molar-refractivity contribution in [3.05, 3.63) is 66.6 Å². The highest BCUT2D eigenvalue weighted by atomic mass is 19.1. The molecule has 0 saturated carbocycles. The van der Waals surface area contributed by atoms with Crippen molar-refractivity contribution in [2.75, 3.05) is 30.9 Å². The van der Waals surface area contributed by atoms with Gasteiger partial charge in [-0.05, 0) is 42.5 Å². The second kappa shape index (κ2) is 8.66. The Kier molecular flexibility index (Phi) is 5.82. The lowest BCUT2D eigenvalue weighted by molar-refractivity contribution is 0.331. The van der Waals surface area contributed by atoms with Crippen LogP contribution in [0.2, 0.25) is 0 Å². The molecule has 0 fully saturated rings. The molecular formula is C19H19FN4O2. The summed E-state index contributed by atoms with van der Waals surface area (Å²) in [6, 6.07) is 15.5. The van der Waals surface area contributed by atoms with E-state index in [1.54, 1.807) is 37.6 Å². The minimum Gasteiger partial charge on any atom is -0.497 e. The second-order valence-corrected chi connectivity index (χ2v) is 5.32. The van der Waals surface area contributed by atoms with Gasteiger partial charge in [-0.3, -0.25) is 0 Å². The number of benzene rings is 2. The Bertz CT molecular complexity index is 843. The van der Waals surface area contributed by atoms with E-state index < -0.39 is 0 Å². The fourth-order valence-electron chi connectivity index (χ4n) is 2.22. The summed E-state index contributed by atoms with van der Waals surface area (Å²) in [5.41, 5.74) is 0.326. The summed E-state index contributed by atoms with van der Waals surface area (Å²) in [4.78, 5) is 8.40. The van der Waals surface area contributed by atoms with Gasteiger partial charge in [-0.15, -0.1) is 0 Å². The second-order valence-electron chi connectivity index (χ2n) is 5.32. The van der Waals surface area contributed by atoms with Crippen molar-refractivity contribution in [1.82, 2.24) is 9.97 Å². The first kappa shape index (κ1) is 17.5. The Labute approximate surface area is 151 Å². The largest absolute Gasteiger partial charge is 0.497 e. The van der Waals surface area contributed by atoms with Gasteiger partial charge >= 0.3 is 0 Å². The molecule has 3 aromatic rings. The number of nitrogens with one attached hydrogen (secondary N) is 2. The van der Waals surface area contributed by atoms with Crippen molar-refractivity contribution in [2.45, 2.75) is 0 Å². The average Bonchev–Trinajstić information content (AvgIpc) is 2.68. The van der Waals surface area contributed by atoms with Gasteiger partial charge in [0.1, 0.15) is 29.7 Å². The predicted molar refractivity (Wildman–Crippen MR) is 98.7 cm³/mol. The van der Waals surface area contributed by atoms with E-state index in [2.05, 4.69) is 20.6 Å². The number of methoxy groups -OCH3 is 1. The summed E-state index contributed by atoms with van der Waals surface area (Å²) >= 11 is 0. The van der Waals surface area contributed by atoms with Crippen molar-refractivity contribution >= 4 is 17.5 Å². The van der Waals surface area contributed by atoms with Crippen molar-refractivity contribution < 1.29 is 13.9 Å². The summed E-state index contributed by atoms with van der Waals surface area (Å²) < 4.78 is 24.4. The maximum absolute atomic E-state index is 13.7. The summed E-state index contributed by atoms with van der Waals surface area (Å²) in [6.45, 7) is 1.02. The summed E-state index contributed by atoms with van der Waals surface area (Å²) in [6.07, 6.45) is 1.60. The molecule has 1 heterocycles. The van der Waals surface area contributed by atoms with E-state index in [1.165, 1.54) is 6.07 Å². The van der Waals surface area contributed by atoms with Gasteiger partial charge in [0.05, 0.1) is 19.3 Å². The lowest BCUT2D eigenvalue weighted by Gasteiger charge is -2.10. The van der Waals surface area contributed by atoms with Crippen LogP contribution in [0.4, 0.5) is 21.8 Å². The van der Waals surface area contributed by atoms with Crippen LogP contribution in [0.25, 0.3) is 0 Å². The van der Waals surface area contributed by atoms with Crippen LogP contribution in [0, 0.1) is 5.82 Å². The van der Waals surface area contributed by atoms with Gasteiger partial charge in [-0.1, -0.05) is 12.1 Å². The maximum atomic E-state index is 13.7. The highest BCUT2D eigenvalue weighted by Crippen LogP contribution is 2.18. The third-order valence-electron chi connectivity index (χ3n) is 3.51. The molecular weight excluding hydrogens is 335 g/mol. The van der Waals surface area contributed by atoms with E-state index in [0.717, 1.165) is 11.5 Å². The molecule has 0 radical (unpaired) electrons. The van der Waals surface area contributed by atoms with E-state index in [-0.39, 0.29) is 5.82 Å². The molecule has 1 aromatic heterocycles. The van der Waals surface area contributed by atoms with Crippen molar-refractivity contribution in [3.63, 3.8) is 0 Å². The molecule has 0 aliphatic heterocycles. The Morgan fingerprint density at radius 3 is 2.54 bits per heavy atom. The molecule has 0 aliphatic rings. The standard InChI is InChI=1S/C19H19FN4O2/c1-25-14-6-8-15(9-7-14)26-13-12-21-18-10-11-22-19(24-18)23-17-5-3-2-4-16(17)20/h2-11H,12-13H2,1H3,(H2,21,22,23,24). The molecule has 26 heavy (non-hydrogen) atoms. The molecule has 3 rings (SSSR count). The van der Waals surface area contributed by atoms with Crippen LogP contribution >= 0.6 is 0 Å². The van der Waals surface area contributed by atoms with Crippen LogP contribution in [0.15, 0.2) is 60.8 Å². The molecule has 0 amide bonds. The Hall–Kier alpha value is -3.35. The number of aromatic nitrogens is 2. The summed E-state index contributed by atoms with van der Waals surface area (Å²) in [5, 5.41) is 6.00. The Morgan fingerprint density at radius 2 is 1.77 bits per heavy atom. The molecule has 2 N–H and O–H groups in total. The van der Waals surface area contributed by atoms with E-state index in [9.17, 15) is 4.39 Å². The topological polar surface area (TPSA) is 68.3 Å². The van der Waals surface area contributed by atoms with E-state index in [4.69, 9.17) is 9.47 Å². The lowest BCUT2D eigenvalue weighted by atomic mass is 10.3. The smallest absolute Gasteiger partial charge is 0.229 e. The number of ether oxygens (including phenoxy) is 2. The first-order chi connectivity index (χ1) is 12.7. The number of anilines is 3. The zero-order valence-electron chi connectivity index (χ0n) is 14.3. The molecule has 0 bridgehead atoms. The minimum absolute atomic E-state index is 0.316. The quantitative estimate of drug-likeness (QED) is 0.599. The van der Waals surface area contributed by atoms with Crippen LogP contribution in [0.1, 0.15) is 0 Å². The fourth-order valence-corrected chi connectivity index (χ4v) is 2.22. The Balaban J connectivity index is 1.50. The van der Waals surface area contributed by atoms with Gasteiger partial charge in [0, 0.05) is 6.20 Å². The molecule has 6 nitrogen and oxygen atoms in total. The Morgan fingerprint density at radius 1 is 1.00 bits per heavy atom. The molecule has 0 saturated heterocycles. The van der Waals surface area contributed by atoms with Crippen molar-refractivity contribution in [3.8, 4) is 11.5 Å². The van der Waals surface area contributed by atoms with Crippen molar-refractivity contribution in [2.24, 2.45) is 0 Å². The van der Waals surface area contributed by atoms with E-state index in [1.807, 2.05) is 24.3 Å². The number of nitrogens with zero attached hydrogens (tertiary/aromatic N) is 2. The average molecular weight is 354 g/mol. The molecule has 7 heteroatoms. The fraction of sp³-hybridized carbons (Fsp3) is 0.158. The highest BCUT2D eigenvalue weighted by molar-refractivity contribution is 5.55. The lowest BCUT2D eigenvalue weighted by Crippen LogP contribution is -2.13. The third kappa shape index (κ3) is 4.83. The number of hydrogen-bond donors (Lipinski definition) is 2.